The average Bonchev–Trinajstić information content (AvgIpc) is 2.19. The van der Waals surface area contributed by atoms with Crippen molar-refractivity contribution in [3.63, 3.8) is 0 Å². The summed E-state index contributed by atoms with van der Waals surface area (Å²) in [4.78, 5) is 11.2. The standard InChI is InChI=1S/C9H6ClN3O/c10-7-3-1-6(2-4-7)8-11-5-12-9(14)13-8/h1-5H,(H,11,12,13,14). The van der Waals surface area contributed by atoms with E-state index in [1.54, 1.807) is 24.3 Å². The highest BCUT2D eigenvalue weighted by atomic mass is 35.5. The fourth-order valence-electron chi connectivity index (χ4n) is 1.03. The molecule has 0 radical (unpaired) electrons. The van der Waals surface area contributed by atoms with E-state index < -0.39 is 0 Å². The fourth-order valence-corrected chi connectivity index (χ4v) is 1.15. The van der Waals surface area contributed by atoms with Gasteiger partial charge in [0.15, 0.2) is 5.82 Å². The molecule has 1 aromatic heterocycles. The third-order valence-corrected chi connectivity index (χ3v) is 1.91. The van der Waals surface area contributed by atoms with Gasteiger partial charge in [0.2, 0.25) is 0 Å². The predicted molar refractivity (Wildman–Crippen MR) is 51.9 cm³/mol. The van der Waals surface area contributed by atoms with Crippen LogP contribution < -0.4 is 0 Å². The number of hydrogen-bond donors (Lipinski definition) is 1. The summed E-state index contributed by atoms with van der Waals surface area (Å²) < 4.78 is 0. The van der Waals surface area contributed by atoms with Gasteiger partial charge in [-0.25, -0.2) is 4.98 Å². The number of aromatic hydroxyl groups is 1. The number of rotatable bonds is 1. The van der Waals surface area contributed by atoms with E-state index in [2.05, 4.69) is 15.0 Å². The molecule has 0 spiro atoms. The lowest BCUT2D eigenvalue weighted by molar-refractivity contribution is 0.428. The molecule has 0 saturated carbocycles. The minimum Gasteiger partial charge on any atom is -0.479 e. The molecule has 1 aromatic carbocycles. The van der Waals surface area contributed by atoms with Gasteiger partial charge in [-0.1, -0.05) is 11.6 Å². The Morgan fingerprint density at radius 1 is 1.07 bits per heavy atom. The molecule has 0 aliphatic carbocycles. The van der Waals surface area contributed by atoms with E-state index in [0.717, 1.165) is 5.56 Å². The van der Waals surface area contributed by atoms with Crippen molar-refractivity contribution < 1.29 is 5.11 Å². The molecule has 4 nitrogen and oxygen atoms in total. The highest BCUT2D eigenvalue weighted by molar-refractivity contribution is 6.30. The summed E-state index contributed by atoms with van der Waals surface area (Å²) >= 11 is 5.73. The van der Waals surface area contributed by atoms with Crippen LogP contribution in [0.25, 0.3) is 11.4 Å². The smallest absolute Gasteiger partial charge is 0.317 e. The van der Waals surface area contributed by atoms with Crippen molar-refractivity contribution in [2.75, 3.05) is 0 Å². The summed E-state index contributed by atoms with van der Waals surface area (Å²) in [6, 6.07) is 6.73. The van der Waals surface area contributed by atoms with Crippen molar-refractivity contribution in [2.24, 2.45) is 0 Å². The molecule has 2 aromatic rings. The third kappa shape index (κ3) is 1.80. The average molecular weight is 208 g/mol. The molecule has 70 valence electrons. The quantitative estimate of drug-likeness (QED) is 0.776. The van der Waals surface area contributed by atoms with E-state index in [0.29, 0.717) is 10.8 Å². The van der Waals surface area contributed by atoms with Crippen LogP contribution in [0.1, 0.15) is 0 Å². The Labute approximate surface area is 85.2 Å². The van der Waals surface area contributed by atoms with E-state index in [9.17, 15) is 0 Å². The van der Waals surface area contributed by atoms with Crippen LogP contribution in [0.2, 0.25) is 5.02 Å². The third-order valence-electron chi connectivity index (χ3n) is 1.66. The first-order valence-electron chi connectivity index (χ1n) is 3.89. The van der Waals surface area contributed by atoms with Crippen molar-refractivity contribution in [1.82, 2.24) is 15.0 Å². The summed E-state index contributed by atoms with van der Waals surface area (Å²) in [6.07, 6.45) is 1.26. The maximum atomic E-state index is 9.04. The van der Waals surface area contributed by atoms with Gasteiger partial charge in [0, 0.05) is 10.6 Å². The summed E-state index contributed by atoms with van der Waals surface area (Å²) in [5.41, 5.74) is 0.784. The monoisotopic (exact) mass is 207 g/mol. The molecule has 14 heavy (non-hydrogen) atoms. The van der Waals surface area contributed by atoms with E-state index in [1.165, 1.54) is 6.33 Å². The molecule has 0 atom stereocenters. The Kier molecular flexibility index (Phi) is 2.28. The summed E-state index contributed by atoms with van der Waals surface area (Å²) in [7, 11) is 0. The van der Waals surface area contributed by atoms with Gasteiger partial charge in [0.1, 0.15) is 6.33 Å². The molecule has 1 heterocycles. The van der Waals surface area contributed by atoms with Crippen LogP contribution in [0.15, 0.2) is 30.6 Å². The molecule has 0 saturated heterocycles. The van der Waals surface area contributed by atoms with Crippen LogP contribution in [0.3, 0.4) is 0 Å². The van der Waals surface area contributed by atoms with Crippen molar-refractivity contribution in [1.29, 1.82) is 0 Å². The zero-order valence-electron chi connectivity index (χ0n) is 7.05. The van der Waals surface area contributed by atoms with Gasteiger partial charge < -0.3 is 5.11 Å². The summed E-state index contributed by atoms with van der Waals surface area (Å²) in [5.74, 6) is 0.425. The number of halogens is 1. The molecule has 0 fully saturated rings. The van der Waals surface area contributed by atoms with Crippen LogP contribution in [0, 0.1) is 0 Å². The molecule has 2 rings (SSSR count). The molecule has 0 aliphatic rings. The number of nitrogens with zero attached hydrogens (tertiary/aromatic N) is 3. The van der Waals surface area contributed by atoms with Gasteiger partial charge in [0.05, 0.1) is 0 Å². The van der Waals surface area contributed by atoms with Crippen molar-refractivity contribution in [2.45, 2.75) is 0 Å². The van der Waals surface area contributed by atoms with E-state index >= 15 is 0 Å². The van der Waals surface area contributed by atoms with Gasteiger partial charge in [-0.3, -0.25) is 0 Å². The Morgan fingerprint density at radius 2 is 1.79 bits per heavy atom. The SMILES string of the molecule is Oc1ncnc(-c2ccc(Cl)cc2)n1. The first kappa shape index (κ1) is 8.90. The molecular formula is C9H6ClN3O. The summed E-state index contributed by atoms with van der Waals surface area (Å²) in [6.45, 7) is 0. The van der Waals surface area contributed by atoms with Gasteiger partial charge in [0.25, 0.3) is 0 Å². The van der Waals surface area contributed by atoms with Gasteiger partial charge in [-0.05, 0) is 24.3 Å². The molecular weight excluding hydrogens is 202 g/mol. The lowest BCUT2D eigenvalue weighted by Crippen LogP contribution is -1.89. The van der Waals surface area contributed by atoms with Crippen LogP contribution in [-0.4, -0.2) is 20.1 Å². The van der Waals surface area contributed by atoms with Crippen LogP contribution in [0.4, 0.5) is 0 Å². The minimum absolute atomic E-state index is 0.287. The Morgan fingerprint density at radius 3 is 2.43 bits per heavy atom. The molecule has 0 bridgehead atoms. The molecule has 0 aliphatic heterocycles. The van der Waals surface area contributed by atoms with Gasteiger partial charge in [-0.2, -0.15) is 9.97 Å². The number of hydrogen-bond acceptors (Lipinski definition) is 4. The van der Waals surface area contributed by atoms with Crippen molar-refractivity contribution in [3.8, 4) is 17.4 Å². The lowest BCUT2D eigenvalue weighted by Gasteiger charge is -1.98. The van der Waals surface area contributed by atoms with Crippen molar-refractivity contribution >= 4 is 11.6 Å². The first-order chi connectivity index (χ1) is 6.75. The maximum Gasteiger partial charge on any atom is 0.317 e. The second-order valence-electron chi connectivity index (χ2n) is 2.62. The highest BCUT2D eigenvalue weighted by Gasteiger charge is 2.01. The van der Waals surface area contributed by atoms with Gasteiger partial charge in [-0.15, -0.1) is 0 Å². The maximum absolute atomic E-state index is 9.04. The Bertz CT molecular complexity index is 444. The van der Waals surface area contributed by atoms with Crippen LogP contribution in [0.5, 0.6) is 6.01 Å². The summed E-state index contributed by atoms with van der Waals surface area (Å²) in [5, 5.41) is 9.69. The fraction of sp³-hybridized carbons (Fsp3) is 0. The molecule has 0 unspecified atom stereocenters. The normalized spacial score (nSPS) is 10.1. The molecule has 5 heteroatoms. The minimum atomic E-state index is -0.287. The van der Waals surface area contributed by atoms with E-state index in [-0.39, 0.29) is 6.01 Å². The topological polar surface area (TPSA) is 58.9 Å². The Hall–Kier alpha value is -1.68. The molecule has 0 amide bonds. The van der Waals surface area contributed by atoms with E-state index in [4.69, 9.17) is 16.7 Å². The largest absolute Gasteiger partial charge is 0.479 e. The van der Waals surface area contributed by atoms with Gasteiger partial charge >= 0.3 is 6.01 Å². The zero-order chi connectivity index (χ0) is 9.97. The Balaban J connectivity index is 2.44. The molecule has 1 N–H and O–H groups in total. The number of benzene rings is 1. The lowest BCUT2D eigenvalue weighted by atomic mass is 10.2. The number of aromatic nitrogens is 3. The second-order valence-corrected chi connectivity index (χ2v) is 3.05. The van der Waals surface area contributed by atoms with Crippen LogP contribution >= 0.6 is 11.6 Å². The predicted octanol–water partition coefficient (Wildman–Crippen LogP) is 1.90. The highest BCUT2D eigenvalue weighted by Crippen LogP contribution is 2.18. The van der Waals surface area contributed by atoms with Crippen molar-refractivity contribution in [3.05, 3.63) is 35.6 Å². The zero-order valence-corrected chi connectivity index (χ0v) is 7.81. The van der Waals surface area contributed by atoms with E-state index in [1.807, 2.05) is 0 Å². The second kappa shape index (κ2) is 3.59. The first-order valence-corrected chi connectivity index (χ1v) is 4.27. The van der Waals surface area contributed by atoms with Crippen LogP contribution in [-0.2, 0) is 0 Å².